The molecule has 0 aliphatic rings. The van der Waals surface area contributed by atoms with E-state index >= 15 is 0 Å². The number of aromatic nitrogens is 3. The van der Waals surface area contributed by atoms with Gasteiger partial charge in [0, 0.05) is 23.3 Å². The summed E-state index contributed by atoms with van der Waals surface area (Å²) < 4.78 is 0.751. The molecule has 0 aliphatic heterocycles. The van der Waals surface area contributed by atoms with Gasteiger partial charge in [0.25, 0.3) is 0 Å². The van der Waals surface area contributed by atoms with Crippen molar-refractivity contribution >= 4 is 38.4 Å². The lowest BCUT2D eigenvalue weighted by atomic mass is 10.1. The predicted octanol–water partition coefficient (Wildman–Crippen LogP) is 4.22. The lowest BCUT2D eigenvalue weighted by Crippen LogP contribution is -1.91. The highest BCUT2D eigenvalue weighted by Crippen LogP contribution is 2.34. The van der Waals surface area contributed by atoms with Crippen molar-refractivity contribution < 1.29 is 0 Å². The molecular formula is C14H8BrClN4. The SMILES string of the molecule is Cc1cnc(Cl)nc1-c1c[nH]c2c(Br)c(C#N)ccc12. The second kappa shape index (κ2) is 4.89. The molecule has 0 saturated heterocycles. The number of halogens is 2. The van der Waals surface area contributed by atoms with Crippen molar-refractivity contribution in [2.75, 3.05) is 0 Å². The van der Waals surface area contributed by atoms with Crippen LogP contribution in [-0.4, -0.2) is 15.0 Å². The summed E-state index contributed by atoms with van der Waals surface area (Å²) in [4.78, 5) is 11.4. The standard InChI is InChI=1S/C14H8BrClN4/c1-7-5-19-14(16)20-12(7)10-6-18-13-9(10)3-2-8(4-17)11(13)15/h2-3,5-6,18H,1H3. The Bertz CT molecular complexity index is 863. The third kappa shape index (κ3) is 1.98. The highest BCUT2D eigenvalue weighted by molar-refractivity contribution is 9.10. The molecule has 0 spiro atoms. The van der Waals surface area contributed by atoms with Crippen LogP contribution in [0.4, 0.5) is 0 Å². The molecule has 0 aliphatic carbocycles. The monoisotopic (exact) mass is 346 g/mol. The maximum atomic E-state index is 9.05. The topological polar surface area (TPSA) is 65.4 Å². The number of nitrogens with one attached hydrogen (secondary N) is 1. The van der Waals surface area contributed by atoms with Gasteiger partial charge in [0.05, 0.1) is 21.2 Å². The van der Waals surface area contributed by atoms with Crippen LogP contribution in [0.1, 0.15) is 11.1 Å². The van der Waals surface area contributed by atoms with Gasteiger partial charge in [0.1, 0.15) is 6.07 Å². The fourth-order valence-corrected chi connectivity index (χ4v) is 2.82. The van der Waals surface area contributed by atoms with Crippen molar-refractivity contribution in [3.63, 3.8) is 0 Å². The number of rotatable bonds is 1. The zero-order chi connectivity index (χ0) is 14.3. The number of aromatic amines is 1. The fourth-order valence-electron chi connectivity index (χ4n) is 2.14. The van der Waals surface area contributed by atoms with E-state index in [1.54, 1.807) is 12.3 Å². The number of nitrogens with zero attached hydrogens (tertiary/aromatic N) is 3. The van der Waals surface area contributed by atoms with E-state index in [-0.39, 0.29) is 5.28 Å². The first-order valence-electron chi connectivity index (χ1n) is 5.81. The molecule has 2 aromatic heterocycles. The molecule has 98 valence electrons. The van der Waals surface area contributed by atoms with E-state index in [1.807, 2.05) is 19.2 Å². The van der Waals surface area contributed by atoms with Crippen molar-refractivity contribution in [3.05, 3.63) is 45.4 Å². The number of aryl methyl sites for hydroxylation is 1. The molecule has 20 heavy (non-hydrogen) atoms. The normalized spacial score (nSPS) is 10.7. The molecule has 6 heteroatoms. The van der Waals surface area contributed by atoms with E-state index < -0.39 is 0 Å². The summed E-state index contributed by atoms with van der Waals surface area (Å²) in [6, 6.07) is 5.83. The van der Waals surface area contributed by atoms with E-state index in [2.05, 4.69) is 37.0 Å². The summed E-state index contributed by atoms with van der Waals surface area (Å²) >= 11 is 9.33. The highest BCUT2D eigenvalue weighted by Gasteiger charge is 2.14. The van der Waals surface area contributed by atoms with Gasteiger partial charge in [-0.2, -0.15) is 5.26 Å². The zero-order valence-corrected chi connectivity index (χ0v) is 12.7. The molecule has 1 N–H and O–H groups in total. The molecule has 1 aromatic carbocycles. The van der Waals surface area contributed by atoms with Gasteiger partial charge in [-0.15, -0.1) is 0 Å². The van der Waals surface area contributed by atoms with Crippen LogP contribution in [0.2, 0.25) is 5.28 Å². The quantitative estimate of drug-likeness (QED) is 0.670. The van der Waals surface area contributed by atoms with Gasteiger partial charge in [-0.3, -0.25) is 0 Å². The van der Waals surface area contributed by atoms with Crippen LogP contribution >= 0.6 is 27.5 Å². The number of hydrogen-bond acceptors (Lipinski definition) is 3. The maximum absolute atomic E-state index is 9.05. The summed E-state index contributed by atoms with van der Waals surface area (Å²) in [7, 11) is 0. The number of nitriles is 1. The van der Waals surface area contributed by atoms with Crippen molar-refractivity contribution in [3.8, 4) is 17.3 Å². The van der Waals surface area contributed by atoms with E-state index in [0.717, 1.165) is 32.2 Å². The summed E-state index contributed by atoms with van der Waals surface area (Å²) in [5, 5.41) is 10.2. The zero-order valence-electron chi connectivity index (χ0n) is 10.4. The van der Waals surface area contributed by atoms with Gasteiger partial charge in [0.15, 0.2) is 0 Å². The Morgan fingerprint density at radius 3 is 2.95 bits per heavy atom. The number of hydrogen-bond donors (Lipinski definition) is 1. The minimum absolute atomic E-state index is 0.215. The molecule has 0 amide bonds. The minimum Gasteiger partial charge on any atom is -0.360 e. The minimum atomic E-state index is 0.215. The Kier molecular flexibility index (Phi) is 3.20. The molecule has 0 saturated carbocycles. The van der Waals surface area contributed by atoms with Crippen molar-refractivity contribution in [1.82, 2.24) is 15.0 Å². The Balaban J connectivity index is 2.31. The largest absolute Gasteiger partial charge is 0.360 e. The van der Waals surface area contributed by atoms with Crippen molar-refractivity contribution in [2.45, 2.75) is 6.92 Å². The van der Waals surface area contributed by atoms with E-state index in [0.29, 0.717) is 5.56 Å². The Hall–Kier alpha value is -1.90. The summed E-state index contributed by atoms with van der Waals surface area (Å²) in [6.45, 7) is 1.93. The van der Waals surface area contributed by atoms with E-state index in [9.17, 15) is 0 Å². The second-order valence-electron chi connectivity index (χ2n) is 4.33. The van der Waals surface area contributed by atoms with Gasteiger partial charge in [0.2, 0.25) is 5.28 Å². The maximum Gasteiger partial charge on any atom is 0.222 e. The molecule has 3 aromatic rings. The number of fused-ring (bicyclic) bond motifs is 1. The molecule has 2 heterocycles. The molecule has 3 rings (SSSR count). The average molecular weight is 348 g/mol. The van der Waals surface area contributed by atoms with Gasteiger partial charge in [-0.1, -0.05) is 6.07 Å². The Morgan fingerprint density at radius 2 is 2.20 bits per heavy atom. The Labute approximate surface area is 128 Å². The average Bonchev–Trinajstić information content (AvgIpc) is 2.86. The predicted molar refractivity (Wildman–Crippen MR) is 81.5 cm³/mol. The molecule has 0 unspecified atom stereocenters. The van der Waals surface area contributed by atoms with Gasteiger partial charge >= 0.3 is 0 Å². The molecule has 0 radical (unpaired) electrons. The molecule has 0 bridgehead atoms. The first kappa shape index (κ1) is 13.1. The Morgan fingerprint density at radius 1 is 1.40 bits per heavy atom. The van der Waals surface area contributed by atoms with Crippen LogP contribution in [0.5, 0.6) is 0 Å². The summed E-state index contributed by atoms with van der Waals surface area (Å²) in [6.07, 6.45) is 3.56. The van der Waals surface area contributed by atoms with E-state index in [4.69, 9.17) is 16.9 Å². The van der Waals surface area contributed by atoms with Gasteiger partial charge < -0.3 is 4.98 Å². The first-order chi connectivity index (χ1) is 9.61. The first-order valence-corrected chi connectivity index (χ1v) is 6.98. The number of H-pyrrole nitrogens is 1. The van der Waals surface area contributed by atoms with Crippen LogP contribution in [0.15, 0.2) is 29.0 Å². The van der Waals surface area contributed by atoms with Gasteiger partial charge in [-0.25, -0.2) is 9.97 Å². The second-order valence-corrected chi connectivity index (χ2v) is 5.47. The van der Waals surface area contributed by atoms with Crippen LogP contribution < -0.4 is 0 Å². The van der Waals surface area contributed by atoms with Crippen LogP contribution in [-0.2, 0) is 0 Å². The third-order valence-corrected chi connectivity index (χ3v) is 4.12. The smallest absolute Gasteiger partial charge is 0.222 e. The number of benzene rings is 1. The lowest BCUT2D eigenvalue weighted by molar-refractivity contribution is 1.14. The fraction of sp³-hybridized carbons (Fsp3) is 0.0714. The van der Waals surface area contributed by atoms with E-state index in [1.165, 1.54) is 0 Å². The van der Waals surface area contributed by atoms with Crippen LogP contribution in [0.3, 0.4) is 0 Å². The molecule has 0 atom stereocenters. The summed E-state index contributed by atoms with van der Waals surface area (Å²) in [5.41, 5.74) is 4.12. The van der Waals surface area contributed by atoms with Crippen LogP contribution in [0, 0.1) is 18.3 Å². The van der Waals surface area contributed by atoms with Crippen LogP contribution in [0.25, 0.3) is 22.2 Å². The van der Waals surface area contributed by atoms with Crippen molar-refractivity contribution in [1.29, 1.82) is 5.26 Å². The highest BCUT2D eigenvalue weighted by atomic mass is 79.9. The molecule has 4 nitrogen and oxygen atoms in total. The molecule has 0 fully saturated rings. The van der Waals surface area contributed by atoms with Gasteiger partial charge in [-0.05, 0) is 46.1 Å². The summed E-state index contributed by atoms with van der Waals surface area (Å²) in [5.74, 6) is 0. The third-order valence-electron chi connectivity index (χ3n) is 3.11. The van der Waals surface area contributed by atoms with Crippen molar-refractivity contribution in [2.24, 2.45) is 0 Å². The molecular weight excluding hydrogens is 340 g/mol. The lowest BCUT2D eigenvalue weighted by Gasteiger charge is -2.04.